The summed E-state index contributed by atoms with van der Waals surface area (Å²) in [5, 5.41) is 8.84. The van der Waals surface area contributed by atoms with E-state index in [2.05, 4.69) is 18.9 Å². The van der Waals surface area contributed by atoms with Crippen molar-refractivity contribution in [2.45, 2.75) is 32.0 Å². The third-order valence-electron chi connectivity index (χ3n) is 2.45. The molecule has 72 valence electrons. The van der Waals surface area contributed by atoms with Crippen LogP contribution in [-0.4, -0.2) is 49.0 Å². The minimum atomic E-state index is 0.0975. The van der Waals surface area contributed by atoms with Gasteiger partial charge in [0.15, 0.2) is 0 Å². The second-order valence-electron chi connectivity index (χ2n) is 3.49. The maximum Gasteiger partial charge on any atom is 0.0811 e. The quantitative estimate of drug-likeness (QED) is 0.671. The van der Waals surface area contributed by atoms with Crippen molar-refractivity contribution in [3.8, 4) is 0 Å². The molecule has 0 spiro atoms. The maximum atomic E-state index is 8.84. The molecule has 1 aliphatic heterocycles. The number of hydrogen-bond acceptors (Lipinski definition) is 3. The lowest BCUT2D eigenvalue weighted by Gasteiger charge is -2.19. The fraction of sp³-hybridized carbons (Fsp3) is 1.00. The van der Waals surface area contributed by atoms with E-state index in [0.29, 0.717) is 6.10 Å². The summed E-state index contributed by atoms with van der Waals surface area (Å²) in [7, 11) is 2.09. The molecule has 1 N–H and O–H groups in total. The first-order chi connectivity index (χ1) is 5.76. The molecule has 0 aliphatic carbocycles. The number of hydrogen-bond donors (Lipinski definition) is 1. The Kier molecular flexibility index (Phi) is 3.98. The van der Waals surface area contributed by atoms with Crippen LogP contribution >= 0.6 is 0 Å². The Morgan fingerprint density at radius 3 is 2.58 bits per heavy atom. The van der Waals surface area contributed by atoms with Gasteiger partial charge in [0.1, 0.15) is 0 Å². The van der Waals surface area contributed by atoms with Gasteiger partial charge in [-0.25, -0.2) is 0 Å². The zero-order chi connectivity index (χ0) is 8.97. The molecule has 12 heavy (non-hydrogen) atoms. The van der Waals surface area contributed by atoms with E-state index in [1.54, 1.807) is 0 Å². The maximum absolute atomic E-state index is 8.84. The van der Waals surface area contributed by atoms with Crippen molar-refractivity contribution < 1.29 is 9.84 Å². The molecule has 0 saturated carbocycles. The van der Waals surface area contributed by atoms with E-state index in [9.17, 15) is 0 Å². The average molecular weight is 173 g/mol. The summed E-state index contributed by atoms with van der Waals surface area (Å²) in [5.74, 6) is 0. The first-order valence-corrected chi connectivity index (χ1v) is 4.71. The van der Waals surface area contributed by atoms with Crippen molar-refractivity contribution in [2.24, 2.45) is 0 Å². The second-order valence-corrected chi connectivity index (χ2v) is 3.49. The average Bonchev–Trinajstić information content (AvgIpc) is 2.52. The molecule has 1 rings (SSSR count). The van der Waals surface area contributed by atoms with Crippen LogP contribution in [0.4, 0.5) is 0 Å². The lowest BCUT2D eigenvalue weighted by atomic mass is 10.2. The molecule has 1 fully saturated rings. The molecule has 0 aromatic rings. The number of aliphatic hydroxyl groups excluding tert-OH is 1. The number of nitrogens with zero attached hydrogens (tertiary/aromatic N) is 1. The van der Waals surface area contributed by atoms with Gasteiger partial charge in [0.25, 0.3) is 0 Å². The molecule has 0 aromatic carbocycles. The molecule has 1 aliphatic rings. The molecular weight excluding hydrogens is 154 g/mol. The molecule has 0 unspecified atom stereocenters. The van der Waals surface area contributed by atoms with Crippen LogP contribution in [0.5, 0.6) is 0 Å². The molecule has 3 nitrogen and oxygen atoms in total. The third-order valence-corrected chi connectivity index (χ3v) is 2.45. The predicted molar refractivity (Wildman–Crippen MR) is 48.2 cm³/mol. The summed E-state index contributed by atoms with van der Waals surface area (Å²) >= 11 is 0. The molecule has 1 saturated heterocycles. The first-order valence-electron chi connectivity index (χ1n) is 4.71. The zero-order valence-corrected chi connectivity index (χ0v) is 7.99. The summed E-state index contributed by atoms with van der Waals surface area (Å²) in [6.07, 6.45) is 2.54. The van der Waals surface area contributed by atoms with Crippen LogP contribution in [0.25, 0.3) is 0 Å². The molecule has 3 heteroatoms. The Bertz CT molecular complexity index is 130. The van der Waals surface area contributed by atoms with Crippen molar-refractivity contribution >= 4 is 0 Å². The normalized spacial score (nSPS) is 30.0. The Hall–Kier alpha value is -0.120. The smallest absolute Gasteiger partial charge is 0.0811 e. The predicted octanol–water partition coefficient (Wildman–Crippen LogP) is 0.478. The van der Waals surface area contributed by atoms with Crippen LogP contribution in [0, 0.1) is 0 Å². The van der Waals surface area contributed by atoms with Crippen molar-refractivity contribution in [3.05, 3.63) is 0 Å². The summed E-state index contributed by atoms with van der Waals surface area (Å²) < 4.78 is 5.59. The largest absolute Gasteiger partial charge is 0.394 e. The van der Waals surface area contributed by atoms with Gasteiger partial charge in [-0.05, 0) is 26.4 Å². The second kappa shape index (κ2) is 4.80. The van der Waals surface area contributed by atoms with Gasteiger partial charge in [0, 0.05) is 6.54 Å². The summed E-state index contributed by atoms with van der Waals surface area (Å²) in [6.45, 7) is 4.36. The number of likely N-dealkylation sites (N-methyl/N-ethyl adjacent to an activating group) is 1. The minimum absolute atomic E-state index is 0.0975. The van der Waals surface area contributed by atoms with E-state index in [1.807, 2.05) is 0 Å². The Morgan fingerprint density at radius 1 is 1.42 bits per heavy atom. The fourth-order valence-electron chi connectivity index (χ4n) is 1.53. The van der Waals surface area contributed by atoms with Gasteiger partial charge in [-0.15, -0.1) is 0 Å². The monoisotopic (exact) mass is 173 g/mol. The van der Waals surface area contributed by atoms with Crippen LogP contribution in [0.1, 0.15) is 19.8 Å². The standard InChI is InChI=1S/C9H19NO2/c1-3-10(2)6-8-4-5-9(7-11)12-8/h8-9,11H,3-7H2,1-2H3/t8-,9+/m0/s1. The van der Waals surface area contributed by atoms with Gasteiger partial charge in [0.05, 0.1) is 18.8 Å². The highest BCUT2D eigenvalue weighted by Crippen LogP contribution is 2.19. The molecule has 0 bridgehead atoms. The van der Waals surface area contributed by atoms with Gasteiger partial charge >= 0.3 is 0 Å². The summed E-state index contributed by atoms with van der Waals surface area (Å²) in [4.78, 5) is 2.24. The highest BCUT2D eigenvalue weighted by atomic mass is 16.5. The third kappa shape index (κ3) is 2.73. The SMILES string of the molecule is CCN(C)C[C@@H]1CC[C@H](CO)O1. The van der Waals surface area contributed by atoms with Gasteiger partial charge in [-0.3, -0.25) is 0 Å². The van der Waals surface area contributed by atoms with Gasteiger partial charge < -0.3 is 14.7 Å². The van der Waals surface area contributed by atoms with E-state index in [4.69, 9.17) is 9.84 Å². The van der Waals surface area contributed by atoms with Crippen LogP contribution in [-0.2, 0) is 4.74 Å². The fourth-order valence-corrected chi connectivity index (χ4v) is 1.53. The van der Waals surface area contributed by atoms with Crippen molar-refractivity contribution in [2.75, 3.05) is 26.7 Å². The molecular formula is C9H19NO2. The molecule has 1 heterocycles. The van der Waals surface area contributed by atoms with E-state index in [0.717, 1.165) is 25.9 Å². The Balaban J connectivity index is 2.18. The van der Waals surface area contributed by atoms with E-state index in [-0.39, 0.29) is 12.7 Å². The van der Waals surface area contributed by atoms with Gasteiger partial charge in [-0.1, -0.05) is 6.92 Å². The molecule has 0 aromatic heterocycles. The summed E-state index contributed by atoms with van der Waals surface area (Å²) in [6, 6.07) is 0. The molecule has 0 radical (unpaired) electrons. The highest BCUT2D eigenvalue weighted by Gasteiger charge is 2.24. The highest BCUT2D eigenvalue weighted by molar-refractivity contribution is 4.74. The number of aliphatic hydroxyl groups is 1. The van der Waals surface area contributed by atoms with Crippen LogP contribution in [0.3, 0.4) is 0 Å². The number of ether oxygens (including phenoxy) is 1. The zero-order valence-electron chi connectivity index (χ0n) is 7.99. The topological polar surface area (TPSA) is 32.7 Å². The summed E-state index contributed by atoms with van der Waals surface area (Å²) in [5.41, 5.74) is 0. The van der Waals surface area contributed by atoms with Crippen molar-refractivity contribution in [1.29, 1.82) is 0 Å². The minimum Gasteiger partial charge on any atom is -0.394 e. The van der Waals surface area contributed by atoms with Crippen LogP contribution < -0.4 is 0 Å². The van der Waals surface area contributed by atoms with E-state index < -0.39 is 0 Å². The lowest BCUT2D eigenvalue weighted by molar-refractivity contribution is 0.000334. The number of rotatable bonds is 4. The van der Waals surface area contributed by atoms with Crippen molar-refractivity contribution in [1.82, 2.24) is 4.90 Å². The van der Waals surface area contributed by atoms with Crippen LogP contribution in [0.2, 0.25) is 0 Å². The lowest BCUT2D eigenvalue weighted by Crippen LogP contribution is -2.29. The molecule has 0 amide bonds. The first kappa shape index (κ1) is 9.96. The van der Waals surface area contributed by atoms with E-state index in [1.165, 1.54) is 0 Å². The van der Waals surface area contributed by atoms with Crippen LogP contribution in [0.15, 0.2) is 0 Å². The van der Waals surface area contributed by atoms with E-state index >= 15 is 0 Å². The Morgan fingerprint density at radius 2 is 2.08 bits per heavy atom. The van der Waals surface area contributed by atoms with Gasteiger partial charge in [0.2, 0.25) is 0 Å². The molecule has 2 atom stereocenters. The van der Waals surface area contributed by atoms with Gasteiger partial charge in [-0.2, -0.15) is 0 Å². The Labute approximate surface area is 74.3 Å². The van der Waals surface area contributed by atoms with Crippen molar-refractivity contribution in [3.63, 3.8) is 0 Å².